The second kappa shape index (κ2) is 7.62. The van der Waals surface area contributed by atoms with Crippen LogP contribution in [0.5, 0.6) is 0 Å². The van der Waals surface area contributed by atoms with Crippen molar-refractivity contribution in [3.05, 3.63) is 64.8 Å². The molecule has 5 nitrogen and oxygen atoms in total. The van der Waals surface area contributed by atoms with Gasteiger partial charge in [-0.15, -0.1) is 0 Å². The molecule has 1 fully saturated rings. The molecule has 1 aliphatic heterocycles. The third-order valence-electron chi connectivity index (χ3n) is 5.08. The van der Waals surface area contributed by atoms with Crippen molar-refractivity contribution in [2.45, 2.75) is 6.54 Å². The molecule has 1 aliphatic rings. The number of nitrogens with one attached hydrogen (secondary N) is 2. The number of halogens is 1. The van der Waals surface area contributed by atoms with E-state index in [4.69, 9.17) is 11.6 Å². The van der Waals surface area contributed by atoms with Gasteiger partial charge in [-0.1, -0.05) is 11.6 Å². The van der Waals surface area contributed by atoms with E-state index in [0.717, 1.165) is 42.8 Å². The normalized spacial score (nSPS) is 15.3. The van der Waals surface area contributed by atoms with E-state index in [1.165, 1.54) is 5.69 Å². The van der Waals surface area contributed by atoms with E-state index in [9.17, 15) is 4.79 Å². The molecule has 0 aliphatic carbocycles. The minimum absolute atomic E-state index is 0.0726. The van der Waals surface area contributed by atoms with Crippen LogP contribution in [0, 0.1) is 0 Å². The van der Waals surface area contributed by atoms with E-state index in [2.05, 4.69) is 27.1 Å². The highest BCUT2D eigenvalue weighted by atomic mass is 35.5. The first-order valence-electron chi connectivity index (χ1n) is 9.17. The zero-order valence-corrected chi connectivity index (χ0v) is 16.1. The predicted octanol–water partition coefficient (Wildman–Crippen LogP) is 3.50. The molecule has 4 rings (SSSR count). The number of aromatic nitrogens is 1. The number of piperazine rings is 1. The average Bonchev–Trinajstić information content (AvgIpc) is 3.09. The maximum atomic E-state index is 12.5. The number of benzene rings is 2. The second-order valence-corrected chi connectivity index (χ2v) is 7.48. The van der Waals surface area contributed by atoms with Crippen LogP contribution in [-0.4, -0.2) is 49.0 Å². The highest BCUT2D eigenvalue weighted by Gasteiger charge is 2.15. The fourth-order valence-corrected chi connectivity index (χ4v) is 3.61. The Morgan fingerprint density at radius 1 is 1.07 bits per heavy atom. The number of likely N-dealkylation sites (N-methyl/N-ethyl adjacent to an activating group) is 1. The molecule has 27 heavy (non-hydrogen) atoms. The van der Waals surface area contributed by atoms with Crippen molar-refractivity contribution in [1.29, 1.82) is 0 Å². The molecule has 0 radical (unpaired) electrons. The first-order chi connectivity index (χ1) is 13.1. The molecular formula is C21H23ClN4O. The van der Waals surface area contributed by atoms with Gasteiger partial charge in [-0.2, -0.15) is 0 Å². The molecule has 1 aromatic heterocycles. The summed E-state index contributed by atoms with van der Waals surface area (Å²) in [6.07, 6.45) is 0. The fourth-order valence-electron chi connectivity index (χ4n) is 3.42. The molecule has 0 bridgehead atoms. The van der Waals surface area contributed by atoms with Gasteiger partial charge in [0.1, 0.15) is 0 Å². The minimum atomic E-state index is -0.0726. The lowest BCUT2D eigenvalue weighted by molar-refractivity contribution is 0.0950. The van der Waals surface area contributed by atoms with Crippen LogP contribution in [0.4, 0.5) is 5.69 Å². The maximum absolute atomic E-state index is 12.5. The lowest BCUT2D eigenvalue weighted by atomic mass is 10.1. The van der Waals surface area contributed by atoms with Crippen molar-refractivity contribution in [3.8, 4) is 0 Å². The fraction of sp³-hybridized carbons (Fsp3) is 0.286. The minimum Gasteiger partial charge on any atom is -0.369 e. The van der Waals surface area contributed by atoms with E-state index in [1.807, 2.05) is 48.5 Å². The van der Waals surface area contributed by atoms with Gasteiger partial charge >= 0.3 is 0 Å². The van der Waals surface area contributed by atoms with E-state index in [1.54, 1.807) is 0 Å². The molecule has 140 valence electrons. The van der Waals surface area contributed by atoms with E-state index < -0.39 is 0 Å². The third kappa shape index (κ3) is 4.10. The van der Waals surface area contributed by atoms with Gasteiger partial charge in [-0.3, -0.25) is 4.79 Å². The van der Waals surface area contributed by atoms with Crippen LogP contribution < -0.4 is 10.2 Å². The lowest BCUT2D eigenvalue weighted by Gasteiger charge is -2.34. The SMILES string of the molecule is CN1CCN(c2ccc(C(=O)NCc3cc4cc(Cl)ccc4[nH]3)cc2)CC1. The number of carbonyl (C=O) groups is 1. The van der Waals surface area contributed by atoms with Gasteiger partial charge in [0.05, 0.1) is 6.54 Å². The molecule has 2 aromatic carbocycles. The summed E-state index contributed by atoms with van der Waals surface area (Å²) in [6.45, 7) is 4.63. The number of H-pyrrole nitrogens is 1. The first-order valence-corrected chi connectivity index (χ1v) is 9.55. The van der Waals surface area contributed by atoms with Gasteiger partial charge in [-0.25, -0.2) is 0 Å². The van der Waals surface area contributed by atoms with Crippen LogP contribution >= 0.6 is 11.6 Å². The van der Waals surface area contributed by atoms with Gasteiger partial charge in [0.25, 0.3) is 5.91 Å². The zero-order valence-electron chi connectivity index (χ0n) is 15.3. The number of nitrogens with zero attached hydrogens (tertiary/aromatic N) is 2. The maximum Gasteiger partial charge on any atom is 0.251 e. The Kier molecular flexibility index (Phi) is 5.05. The Labute approximate surface area is 163 Å². The Morgan fingerprint density at radius 2 is 1.81 bits per heavy atom. The summed E-state index contributed by atoms with van der Waals surface area (Å²) >= 11 is 6.02. The van der Waals surface area contributed by atoms with Gasteiger partial charge in [0.15, 0.2) is 0 Å². The van der Waals surface area contributed by atoms with Crippen LogP contribution in [0.25, 0.3) is 10.9 Å². The summed E-state index contributed by atoms with van der Waals surface area (Å²) in [5, 5.41) is 4.72. The van der Waals surface area contributed by atoms with E-state index >= 15 is 0 Å². The first kappa shape index (κ1) is 17.9. The predicted molar refractivity (Wildman–Crippen MR) is 111 cm³/mol. The van der Waals surface area contributed by atoms with Crippen molar-refractivity contribution in [1.82, 2.24) is 15.2 Å². The molecule has 3 aromatic rings. The molecule has 2 heterocycles. The van der Waals surface area contributed by atoms with Crippen LogP contribution in [0.15, 0.2) is 48.5 Å². The molecule has 0 saturated carbocycles. The van der Waals surface area contributed by atoms with Crippen molar-refractivity contribution in [3.63, 3.8) is 0 Å². The summed E-state index contributed by atoms with van der Waals surface area (Å²) in [6, 6.07) is 15.6. The number of carbonyl (C=O) groups excluding carboxylic acids is 1. The number of hydrogen-bond acceptors (Lipinski definition) is 3. The number of aromatic amines is 1. The largest absolute Gasteiger partial charge is 0.369 e. The van der Waals surface area contributed by atoms with Crippen molar-refractivity contribution in [2.75, 3.05) is 38.1 Å². The summed E-state index contributed by atoms with van der Waals surface area (Å²) < 4.78 is 0. The third-order valence-corrected chi connectivity index (χ3v) is 5.31. The Balaban J connectivity index is 1.37. The van der Waals surface area contributed by atoms with Crippen molar-refractivity contribution in [2.24, 2.45) is 0 Å². The Hall–Kier alpha value is -2.50. The van der Waals surface area contributed by atoms with Crippen LogP contribution in [0.2, 0.25) is 5.02 Å². The summed E-state index contributed by atoms with van der Waals surface area (Å²) in [5.41, 5.74) is 3.81. The zero-order chi connectivity index (χ0) is 18.8. The number of rotatable bonds is 4. The molecular weight excluding hydrogens is 360 g/mol. The van der Waals surface area contributed by atoms with Gasteiger partial charge in [0, 0.05) is 59.0 Å². The highest BCUT2D eigenvalue weighted by Crippen LogP contribution is 2.20. The topological polar surface area (TPSA) is 51.4 Å². The standard InChI is InChI=1S/C21H23ClN4O/c1-25-8-10-26(11-9-25)19-5-2-15(3-6-19)21(27)23-14-18-13-16-12-17(22)4-7-20(16)24-18/h2-7,12-13,24H,8-11,14H2,1H3,(H,23,27). The second-order valence-electron chi connectivity index (χ2n) is 7.05. The number of amides is 1. The van der Waals surface area contributed by atoms with Gasteiger partial charge < -0.3 is 20.1 Å². The quantitative estimate of drug-likeness (QED) is 0.726. The average molecular weight is 383 g/mol. The lowest BCUT2D eigenvalue weighted by Crippen LogP contribution is -2.44. The van der Waals surface area contributed by atoms with Crippen LogP contribution in [0.3, 0.4) is 0 Å². The van der Waals surface area contributed by atoms with Gasteiger partial charge in [0.2, 0.25) is 0 Å². The van der Waals surface area contributed by atoms with Crippen LogP contribution in [-0.2, 0) is 6.54 Å². The number of hydrogen-bond donors (Lipinski definition) is 2. The highest BCUT2D eigenvalue weighted by molar-refractivity contribution is 6.31. The monoisotopic (exact) mass is 382 g/mol. The summed E-state index contributed by atoms with van der Waals surface area (Å²) in [5.74, 6) is -0.0726. The molecule has 6 heteroatoms. The van der Waals surface area contributed by atoms with Gasteiger partial charge in [-0.05, 0) is 55.6 Å². The van der Waals surface area contributed by atoms with E-state index in [0.29, 0.717) is 17.1 Å². The van der Waals surface area contributed by atoms with Crippen LogP contribution in [0.1, 0.15) is 16.1 Å². The number of fused-ring (bicyclic) bond motifs is 1. The van der Waals surface area contributed by atoms with Crippen molar-refractivity contribution < 1.29 is 4.79 Å². The van der Waals surface area contributed by atoms with E-state index in [-0.39, 0.29) is 5.91 Å². The Bertz CT molecular complexity index is 942. The molecule has 2 N–H and O–H groups in total. The molecule has 0 spiro atoms. The summed E-state index contributed by atoms with van der Waals surface area (Å²) in [4.78, 5) is 20.4. The molecule has 1 saturated heterocycles. The Morgan fingerprint density at radius 3 is 2.56 bits per heavy atom. The summed E-state index contributed by atoms with van der Waals surface area (Å²) in [7, 11) is 2.15. The molecule has 1 amide bonds. The smallest absolute Gasteiger partial charge is 0.251 e. The number of anilines is 1. The van der Waals surface area contributed by atoms with Crippen molar-refractivity contribution >= 4 is 34.1 Å². The molecule has 0 atom stereocenters. The molecule has 0 unspecified atom stereocenters.